The predicted octanol–water partition coefficient (Wildman–Crippen LogP) is 0.0489. The molecule has 0 aliphatic rings. The number of nitrogens with two attached hydrogens (primary N) is 4. The largest absolute Gasteiger partial charge is 0.496 e. The van der Waals surface area contributed by atoms with Crippen LogP contribution in [0.3, 0.4) is 0 Å². The Labute approximate surface area is 185 Å². The van der Waals surface area contributed by atoms with Crippen LogP contribution in [0.4, 0.5) is 0 Å². The number of Topliss-reactive ketones (excluding diaryl/α,β-unsaturated/α-hetero) is 1. The van der Waals surface area contributed by atoms with Gasteiger partial charge in [-0.05, 0) is 24.3 Å². The van der Waals surface area contributed by atoms with E-state index in [1.807, 2.05) is 0 Å². The molecule has 0 radical (unpaired) electrons. The van der Waals surface area contributed by atoms with E-state index < -0.39 is 23.6 Å². The lowest BCUT2D eigenvalue weighted by Gasteiger charge is -2.20. The Balaban J connectivity index is 0.00000480. The molecule has 2 rings (SSSR count). The molecule has 0 spiro atoms. The van der Waals surface area contributed by atoms with Gasteiger partial charge in [-0.1, -0.05) is 24.3 Å². The van der Waals surface area contributed by atoms with Gasteiger partial charge in [-0.3, -0.25) is 19.4 Å². The van der Waals surface area contributed by atoms with Crippen molar-refractivity contribution in [2.24, 2.45) is 27.9 Å². The summed E-state index contributed by atoms with van der Waals surface area (Å²) in [6.45, 7) is -0.0135. The second-order valence-corrected chi connectivity index (χ2v) is 6.55. The minimum absolute atomic E-state index is 0. The Bertz CT molecular complexity index is 991. The third-order valence-corrected chi connectivity index (χ3v) is 4.52. The molecule has 0 aliphatic heterocycles. The SMILES string of the molecule is COc1cc(C(N)=O)c(C(=O)C(CCCN=C(N)N)NC(=O)CN)c2ccccc12.Cl. The highest BCUT2D eigenvalue weighted by Gasteiger charge is 2.28. The first kappa shape index (κ1) is 25.7. The molecule has 1 atom stereocenters. The minimum Gasteiger partial charge on any atom is -0.496 e. The Morgan fingerprint density at radius 2 is 1.77 bits per heavy atom. The molecular weight excluding hydrogens is 424 g/mol. The quantitative estimate of drug-likeness (QED) is 0.146. The second-order valence-electron chi connectivity index (χ2n) is 6.55. The van der Waals surface area contributed by atoms with Gasteiger partial charge in [0.1, 0.15) is 5.75 Å². The number of rotatable bonds is 10. The fourth-order valence-corrected chi connectivity index (χ4v) is 3.17. The lowest BCUT2D eigenvalue weighted by atomic mass is 9.90. The third-order valence-electron chi connectivity index (χ3n) is 4.52. The summed E-state index contributed by atoms with van der Waals surface area (Å²) in [6, 6.07) is 7.46. The fraction of sp³-hybridized carbons (Fsp3) is 0.300. The topological polar surface area (TPSA) is 189 Å². The number of nitrogens with one attached hydrogen (secondary N) is 1. The number of fused-ring (bicyclic) bond motifs is 1. The minimum atomic E-state index is -0.940. The van der Waals surface area contributed by atoms with E-state index in [-0.39, 0.29) is 49.0 Å². The Morgan fingerprint density at radius 3 is 2.32 bits per heavy atom. The van der Waals surface area contributed by atoms with Crippen LogP contribution in [0.25, 0.3) is 10.8 Å². The van der Waals surface area contributed by atoms with Gasteiger partial charge in [0.2, 0.25) is 11.8 Å². The number of ether oxygens (including phenoxy) is 1. The number of benzene rings is 2. The van der Waals surface area contributed by atoms with Crippen molar-refractivity contribution >= 4 is 46.7 Å². The summed E-state index contributed by atoms with van der Waals surface area (Å²) in [6.07, 6.45) is 0.652. The molecule has 10 nitrogen and oxygen atoms in total. The maximum Gasteiger partial charge on any atom is 0.249 e. The number of methoxy groups -OCH3 is 1. The number of guanidine groups is 1. The molecule has 0 heterocycles. The predicted molar refractivity (Wildman–Crippen MR) is 121 cm³/mol. The highest BCUT2D eigenvalue weighted by atomic mass is 35.5. The van der Waals surface area contributed by atoms with Crippen LogP contribution in [0.5, 0.6) is 5.75 Å². The standard InChI is InChI=1S/C20H26N6O4.ClH/c1-30-15-9-13(19(22)29)17(12-6-3-2-5-11(12)15)18(28)14(26-16(27)10-21)7-4-8-25-20(23)24;/h2-3,5-6,9,14H,4,7-8,10,21H2,1H3,(H2,22,29)(H,26,27)(H4,23,24,25);1H. The van der Waals surface area contributed by atoms with Crippen LogP contribution in [0.15, 0.2) is 35.3 Å². The molecule has 2 aromatic rings. The number of aliphatic imine (C=N–C) groups is 1. The summed E-state index contributed by atoms with van der Waals surface area (Å²) in [5.41, 5.74) is 21.7. The number of carbonyl (C=O) groups excluding carboxylic acids is 3. The number of primary amides is 1. The summed E-state index contributed by atoms with van der Waals surface area (Å²) >= 11 is 0. The number of halogens is 1. The lowest BCUT2D eigenvalue weighted by Crippen LogP contribution is -2.44. The van der Waals surface area contributed by atoms with Crippen LogP contribution < -0.4 is 33.0 Å². The Morgan fingerprint density at radius 1 is 1.13 bits per heavy atom. The molecular formula is C20H27ClN6O4. The molecule has 0 aliphatic carbocycles. The number of hydrogen-bond donors (Lipinski definition) is 5. The van der Waals surface area contributed by atoms with Crippen molar-refractivity contribution in [2.45, 2.75) is 18.9 Å². The molecule has 2 aromatic carbocycles. The third kappa shape index (κ3) is 6.30. The van der Waals surface area contributed by atoms with Crippen LogP contribution in [-0.4, -0.2) is 49.8 Å². The number of hydrogen-bond acceptors (Lipinski definition) is 6. The highest BCUT2D eigenvalue weighted by Crippen LogP contribution is 2.32. The van der Waals surface area contributed by atoms with Crippen molar-refractivity contribution in [3.8, 4) is 5.75 Å². The highest BCUT2D eigenvalue weighted by molar-refractivity contribution is 6.19. The van der Waals surface area contributed by atoms with Gasteiger partial charge < -0.3 is 33.0 Å². The van der Waals surface area contributed by atoms with Crippen LogP contribution in [-0.2, 0) is 4.79 Å². The van der Waals surface area contributed by atoms with Gasteiger partial charge in [0.25, 0.3) is 0 Å². The second kappa shape index (κ2) is 11.7. The van der Waals surface area contributed by atoms with Crippen molar-refractivity contribution in [3.05, 3.63) is 41.5 Å². The Kier molecular flexibility index (Phi) is 9.71. The average molecular weight is 451 g/mol. The summed E-state index contributed by atoms with van der Waals surface area (Å²) in [5.74, 6) is -1.41. The van der Waals surface area contributed by atoms with E-state index in [9.17, 15) is 14.4 Å². The molecule has 9 N–H and O–H groups in total. The smallest absolute Gasteiger partial charge is 0.249 e. The number of amides is 2. The van der Waals surface area contributed by atoms with Gasteiger partial charge in [-0.25, -0.2) is 0 Å². The summed E-state index contributed by atoms with van der Waals surface area (Å²) < 4.78 is 5.35. The van der Waals surface area contributed by atoms with Gasteiger partial charge in [0.05, 0.1) is 25.3 Å². The molecule has 1 unspecified atom stereocenters. The molecule has 0 aromatic heterocycles. The van der Waals surface area contributed by atoms with Crippen LogP contribution in [0, 0.1) is 0 Å². The zero-order valence-corrected chi connectivity index (χ0v) is 17.9. The first-order valence-corrected chi connectivity index (χ1v) is 9.28. The van der Waals surface area contributed by atoms with E-state index in [0.29, 0.717) is 22.9 Å². The van der Waals surface area contributed by atoms with E-state index in [1.165, 1.54) is 13.2 Å². The Hall–Kier alpha value is -3.37. The molecule has 31 heavy (non-hydrogen) atoms. The van der Waals surface area contributed by atoms with Crippen LogP contribution in [0.1, 0.15) is 33.6 Å². The van der Waals surface area contributed by atoms with Crippen molar-refractivity contribution in [1.82, 2.24) is 5.32 Å². The maximum atomic E-state index is 13.5. The van der Waals surface area contributed by atoms with Gasteiger partial charge in [0, 0.05) is 17.5 Å². The molecule has 0 saturated carbocycles. The van der Waals surface area contributed by atoms with Crippen LogP contribution in [0.2, 0.25) is 0 Å². The molecule has 0 bridgehead atoms. The van der Waals surface area contributed by atoms with Crippen LogP contribution >= 0.6 is 12.4 Å². The normalized spacial score (nSPS) is 11.2. The zero-order chi connectivity index (χ0) is 22.3. The van der Waals surface area contributed by atoms with Gasteiger partial charge in [-0.2, -0.15) is 0 Å². The van der Waals surface area contributed by atoms with Crippen molar-refractivity contribution in [3.63, 3.8) is 0 Å². The zero-order valence-electron chi connectivity index (χ0n) is 17.1. The molecule has 0 fully saturated rings. The van der Waals surface area contributed by atoms with Crippen molar-refractivity contribution < 1.29 is 19.1 Å². The monoisotopic (exact) mass is 450 g/mol. The molecule has 11 heteroatoms. The maximum absolute atomic E-state index is 13.5. The summed E-state index contributed by atoms with van der Waals surface area (Å²) in [4.78, 5) is 41.4. The first-order valence-electron chi connectivity index (χ1n) is 9.28. The number of ketones is 1. The van der Waals surface area contributed by atoms with E-state index in [1.54, 1.807) is 24.3 Å². The molecule has 168 valence electrons. The molecule has 2 amide bonds. The first-order chi connectivity index (χ1) is 14.3. The molecule has 0 saturated heterocycles. The van der Waals surface area contributed by atoms with Crippen molar-refractivity contribution in [1.29, 1.82) is 0 Å². The van der Waals surface area contributed by atoms with E-state index in [2.05, 4.69) is 10.3 Å². The van der Waals surface area contributed by atoms with E-state index in [0.717, 1.165) is 0 Å². The summed E-state index contributed by atoms with van der Waals surface area (Å²) in [5, 5.41) is 3.73. The van der Waals surface area contributed by atoms with E-state index >= 15 is 0 Å². The number of nitrogens with zero attached hydrogens (tertiary/aromatic N) is 1. The van der Waals surface area contributed by atoms with Gasteiger partial charge >= 0.3 is 0 Å². The van der Waals surface area contributed by atoms with Gasteiger partial charge in [-0.15, -0.1) is 12.4 Å². The van der Waals surface area contributed by atoms with Gasteiger partial charge in [0.15, 0.2) is 11.7 Å². The number of carbonyl (C=O) groups is 3. The lowest BCUT2D eigenvalue weighted by molar-refractivity contribution is -0.120. The average Bonchev–Trinajstić information content (AvgIpc) is 2.73. The summed E-state index contributed by atoms with van der Waals surface area (Å²) in [7, 11) is 1.46. The van der Waals surface area contributed by atoms with E-state index in [4.69, 9.17) is 27.7 Å². The fourth-order valence-electron chi connectivity index (χ4n) is 3.17. The van der Waals surface area contributed by atoms with Crippen molar-refractivity contribution in [2.75, 3.05) is 20.2 Å².